The fraction of sp³-hybridized carbons (Fsp3) is 0.273. The van der Waals surface area contributed by atoms with E-state index in [1.54, 1.807) is 4.68 Å². The smallest absolute Gasteiger partial charge is 0.311 e. The average Bonchev–Trinajstić information content (AvgIpc) is 2.55. The van der Waals surface area contributed by atoms with E-state index in [9.17, 15) is 4.79 Å². The molecule has 4 nitrogen and oxygen atoms in total. The van der Waals surface area contributed by atoms with Gasteiger partial charge in [0.15, 0.2) is 0 Å². The lowest BCUT2D eigenvalue weighted by molar-refractivity contribution is -0.139. The Hall–Kier alpha value is -1.36. The Morgan fingerprint density at radius 1 is 1.56 bits per heavy atom. The summed E-state index contributed by atoms with van der Waals surface area (Å²) in [6.07, 6.45) is 0.199. The van der Waals surface area contributed by atoms with Gasteiger partial charge in [-0.05, 0) is 18.2 Å². The van der Waals surface area contributed by atoms with Crippen molar-refractivity contribution in [3.8, 4) is 0 Å². The number of hydrogen-bond donors (Lipinski definition) is 0. The lowest BCUT2D eigenvalue weighted by atomic mass is 10.2. The van der Waals surface area contributed by atoms with Gasteiger partial charge in [0.2, 0.25) is 0 Å². The van der Waals surface area contributed by atoms with E-state index in [4.69, 9.17) is 0 Å². The largest absolute Gasteiger partial charge is 0.469 e. The first-order valence-corrected chi connectivity index (χ1v) is 5.59. The number of esters is 1. The molecule has 0 unspecified atom stereocenters. The van der Waals surface area contributed by atoms with Crippen LogP contribution in [0.4, 0.5) is 0 Å². The fourth-order valence-electron chi connectivity index (χ4n) is 1.65. The molecule has 1 aromatic heterocycles. The Kier molecular flexibility index (Phi) is 2.96. The van der Waals surface area contributed by atoms with Gasteiger partial charge in [-0.25, -0.2) is 0 Å². The summed E-state index contributed by atoms with van der Waals surface area (Å²) in [5.41, 5.74) is 1.74. The maximum absolute atomic E-state index is 11.2. The van der Waals surface area contributed by atoms with Crippen molar-refractivity contribution in [3.05, 3.63) is 28.4 Å². The zero-order valence-electron chi connectivity index (χ0n) is 9.03. The number of methoxy groups -OCH3 is 1. The van der Waals surface area contributed by atoms with Crippen molar-refractivity contribution in [2.24, 2.45) is 7.05 Å². The molecule has 5 heteroatoms. The second kappa shape index (κ2) is 4.25. The van der Waals surface area contributed by atoms with E-state index in [-0.39, 0.29) is 12.4 Å². The molecular formula is C11H11BrN2O2. The molecule has 0 amide bonds. The third-order valence-electron chi connectivity index (χ3n) is 2.43. The quantitative estimate of drug-likeness (QED) is 0.792. The number of ether oxygens (including phenoxy) is 1. The van der Waals surface area contributed by atoms with Crippen LogP contribution in [0, 0.1) is 0 Å². The third-order valence-corrected chi connectivity index (χ3v) is 2.92. The van der Waals surface area contributed by atoms with Crippen molar-refractivity contribution in [1.82, 2.24) is 9.78 Å². The zero-order valence-corrected chi connectivity index (χ0v) is 10.6. The number of aryl methyl sites for hydroxylation is 1. The Labute approximate surface area is 101 Å². The highest BCUT2D eigenvalue weighted by atomic mass is 79.9. The van der Waals surface area contributed by atoms with Gasteiger partial charge in [0.05, 0.1) is 24.7 Å². The van der Waals surface area contributed by atoms with Gasteiger partial charge in [-0.2, -0.15) is 5.10 Å². The number of aromatic nitrogens is 2. The van der Waals surface area contributed by atoms with Crippen molar-refractivity contribution >= 4 is 32.8 Å². The monoisotopic (exact) mass is 282 g/mol. The van der Waals surface area contributed by atoms with Crippen molar-refractivity contribution in [3.63, 3.8) is 0 Å². The molecule has 0 aliphatic heterocycles. The van der Waals surface area contributed by atoms with Gasteiger partial charge >= 0.3 is 5.97 Å². The van der Waals surface area contributed by atoms with Crippen molar-refractivity contribution in [2.45, 2.75) is 6.42 Å². The maximum Gasteiger partial charge on any atom is 0.311 e. The highest BCUT2D eigenvalue weighted by Gasteiger charge is 2.12. The van der Waals surface area contributed by atoms with E-state index in [2.05, 4.69) is 25.8 Å². The minimum absolute atomic E-state index is 0.199. The van der Waals surface area contributed by atoms with Crippen molar-refractivity contribution < 1.29 is 9.53 Å². The Bertz CT molecular complexity index is 548. The van der Waals surface area contributed by atoms with E-state index in [0.717, 1.165) is 21.1 Å². The van der Waals surface area contributed by atoms with Crippen molar-refractivity contribution in [2.75, 3.05) is 7.11 Å². The second-order valence-corrected chi connectivity index (χ2v) is 4.40. The van der Waals surface area contributed by atoms with Crippen LogP contribution in [0.5, 0.6) is 0 Å². The predicted octanol–water partition coefficient (Wildman–Crippen LogP) is 2.05. The molecular weight excluding hydrogens is 272 g/mol. The summed E-state index contributed by atoms with van der Waals surface area (Å²) in [5.74, 6) is -0.278. The molecule has 2 rings (SSSR count). The third kappa shape index (κ3) is 1.95. The van der Waals surface area contributed by atoms with Crippen LogP contribution < -0.4 is 0 Å². The van der Waals surface area contributed by atoms with E-state index < -0.39 is 0 Å². The van der Waals surface area contributed by atoms with Gasteiger partial charge in [-0.15, -0.1) is 0 Å². The van der Waals surface area contributed by atoms with Crippen LogP contribution in [-0.2, 0) is 23.0 Å². The van der Waals surface area contributed by atoms with E-state index >= 15 is 0 Å². The SMILES string of the molecule is COC(=O)Cc1nn(C)c2ccc(Br)cc12. The molecule has 0 N–H and O–H groups in total. The molecule has 1 heterocycles. The molecule has 0 aliphatic rings. The number of halogens is 1. The topological polar surface area (TPSA) is 44.1 Å². The number of carbonyl (C=O) groups excluding carboxylic acids is 1. The van der Waals surface area contributed by atoms with E-state index in [0.29, 0.717) is 0 Å². The molecule has 16 heavy (non-hydrogen) atoms. The number of benzene rings is 1. The highest BCUT2D eigenvalue weighted by molar-refractivity contribution is 9.10. The van der Waals surface area contributed by atoms with Gasteiger partial charge in [0.25, 0.3) is 0 Å². The summed E-state index contributed by atoms with van der Waals surface area (Å²) in [6, 6.07) is 5.87. The summed E-state index contributed by atoms with van der Waals surface area (Å²) in [7, 11) is 3.24. The minimum Gasteiger partial charge on any atom is -0.469 e. The highest BCUT2D eigenvalue weighted by Crippen LogP contribution is 2.22. The maximum atomic E-state index is 11.2. The Morgan fingerprint density at radius 2 is 2.31 bits per heavy atom. The van der Waals surface area contributed by atoms with Crippen LogP contribution >= 0.6 is 15.9 Å². The van der Waals surface area contributed by atoms with Crippen LogP contribution in [0.1, 0.15) is 5.69 Å². The summed E-state index contributed by atoms with van der Waals surface area (Å²) < 4.78 is 7.38. The number of rotatable bonds is 2. The molecule has 84 valence electrons. The van der Waals surface area contributed by atoms with Gasteiger partial charge in [0, 0.05) is 16.9 Å². The molecule has 2 aromatic rings. The average molecular weight is 283 g/mol. The van der Waals surface area contributed by atoms with Gasteiger partial charge in [-0.3, -0.25) is 9.48 Å². The summed E-state index contributed by atoms with van der Waals surface area (Å²) >= 11 is 3.41. The molecule has 0 bridgehead atoms. The van der Waals surface area contributed by atoms with E-state index in [1.165, 1.54) is 7.11 Å². The van der Waals surface area contributed by atoms with Crippen LogP contribution in [0.3, 0.4) is 0 Å². The lowest BCUT2D eigenvalue weighted by Gasteiger charge is -1.96. The molecule has 0 aliphatic carbocycles. The molecule has 0 spiro atoms. The van der Waals surface area contributed by atoms with E-state index in [1.807, 2.05) is 25.2 Å². The normalized spacial score (nSPS) is 10.7. The number of fused-ring (bicyclic) bond motifs is 1. The first-order valence-electron chi connectivity index (χ1n) is 4.80. The first-order chi connectivity index (χ1) is 7.61. The molecule has 0 atom stereocenters. The van der Waals surface area contributed by atoms with Gasteiger partial charge in [-0.1, -0.05) is 15.9 Å². The predicted molar refractivity (Wildman–Crippen MR) is 64.1 cm³/mol. The van der Waals surface area contributed by atoms with Crippen LogP contribution in [0.25, 0.3) is 10.9 Å². The van der Waals surface area contributed by atoms with Crippen molar-refractivity contribution in [1.29, 1.82) is 0 Å². The van der Waals surface area contributed by atoms with Crippen LogP contribution in [-0.4, -0.2) is 22.9 Å². The van der Waals surface area contributed by atoms with Gasteiger partial charge in [0.1, 0.15) is 0 Å². The molecule has 0 saturated carbocycles. The zero-order chi connectivity index (χ0) is 11.7. The van der Waals surface area contributed by atoms with Gasteiger partial charge < -0.3 is 4.74 Å². The Balaban J connectivity index is 2.52. The molecule has 1 aromatic carbocycles. The summed E-state index contributed by atoms with van der Waals surface area (Å²) in [5, 5.41) is 5.29. The fourth-order valence-corrected chi connectivity index (χ4v) is 2.01. The lowest BCUT2D eigenvalue weighted by Crippen LogP contribution is -2.05. The standard InChI is InChI=1S/C11H11BrN2O2/c1-14-10-4-3-7(12)5-8(10)9(13-14)6-11(15)16-2/h3-5H,6H2,1-2H3. The molecule has 0 saturated heterocycles. The number of nitrogens with zero attached hydrogens (tertiary/aromatic N) is 2. The second-order valence-electron chi connectivity index (χ2n) is 3.48. The molecule has 0 fully saturated rings. The van der Waals surface area contributed by atoms with Crippen LogP contribution in [0.15, 0.2) is 22.7 Å². The summed E-state index contributed by atoms with van der Waals surface area (Å²) in [6.45, 7) is 0. The first kappa shape index (κ1) is 11.1. The minimum atomic E-state index is -0.278. The van der Waals surface area contributed by atoms with Crippen LogP contribution in [0.2, 0.25) is 0 Å². The number of carbonyl (C=O) groups is 1. The number of hydrogen-bond acceptors (Lipinski definition) is 3. The summed E-state index contributed by atoms with van der Waals surface area (Å²) in [4.78, 5) is 11.2. The molecule has 0 radical (unpaired) electrons. The Morgan fingerprint density at radius 3 is 3.00 bits per heavy atom.